The lowest BCUT2D eigenvalue weighted by atomic mass is 9.75. The van der Waals surface area contributed by atoms with Gasteiger partial charge in [0, 0.05) is 63.3 Å². The Morgan fingerprint density at radius 1 is 0.870 bits per heavy atom. The van der Waals surface area contributed by atoms with Crippen LogP contribution in [0.15, 0.2) is 91.5 Å². The van der Waals surface area contributed by atoms with Gasteiger partial charge in [-0.2, -0.15) is 5.26 Å². The van der Waals surface area contributed by atoms with Crippen LogP contribution in [0.25, 0.3) is 0 Å². The number of benzene rings is 2. The zero-order valence-electron chi connectivity index (χ0n) is 25.8. The first-order chi connectivity index (χ1) is 22.5. The average Bonchev–Trinajstić information content (AvgIpc) is 3.13. The van der Waals surface area contributed by atoms with Crippen molar-refractivity contribution in [3.05, 3.63) is 114 Å². The molecule has 0 unspecified atom stereocenters. The van der Waals surface area contributed by atoms with Crippen LogP contribution in [0.1, 0.15) is 57.7 Å². The van der Waals surface area contributed by atoms with Crippen molar-refractivity contribution >= 4 is 17.6 Å². The number of ether oxygens (including phenoxy) is 1. The molecular formula is C36H37N7O3. The number of hydrogen-bond acceptors (Lipinski definition) is 8. The number of amides is 2. The summed E-state index contributed by atoms with van der Waals surface area (Å²) in [7, 11) is 0. The van der Waals surface area contributed by atoms with E-state index < -0.39 is 0 Å². The number of carbonyl (C=O) groups excluding carboxylic acids is 2. The van der Waals surface area contributed by atoms with E-state index in [0.29, 0.717) is 61.9 Å². The first-order valence-electron chi connectivity index (χ1n) is 15.8. The lowest BCUT2D eigenvalue weighted by Crippen LogP contribution is -2.46. The number of likely N-dealkylation sites (tertiary alicyclic amines) is 1. The maximum absolute atomic E-state index is 14.2. The van der Waals surface area contributed by atoms with Crippen LogP contribution in [0.4, 0.5) is 5.82 Å². The number of fused-ring (bicyclic) bond motifs is 1. The van der Waals surface area contributed by atoms with Gasteiger partial charge in [-0.15, -0.1) is 0 Å². The van der Waals surface area contributed by atoms with E-state index in [-0.39, 0.29) is 17.2 Å². The molecule has 46 heavy (non-hydrogen) atoms. The van der Waals surface area contributed by atoms with Crippen molar-refractivity contribution in [2.24, 2.45) is 5.41 Å². The Labute approximate surface area is 269 Å². The predicted molar refractivity (Wildman–Crippen MR) is 173 cm³/mol. The third-order valence-corrected chi connectivity index (χ3v) is 9.02. The highest BCUT2D eigenvalue weighted by Gasteiger charge is 2.38. The summed E-state index contributed by atoms with van der Waals surface area (Å²) in [6.45, 7) is 3.86. The van der Waals surface area contributed by atoms with E-state index in [4.69, 9.17) is 4.74 Å². The minimum Gasteiger partial charge on any atom is -0.492 e. The van der Waals surface area contributed by atoms with E-state index in [1.165, 1.54) is 12.4 Å². The molecule has 1 fully saturated rings. The maximum atomic E-state index is 14.2. The standard InChI is InChI=1S/C36H37N7O3/c37-23-29-11-12-33(40-24-29)41-18-6-13-36(14-19-42(20-15-36)35(45)31-25-38-16-17-39-31)27-46-32-10-5-4-9-30(32)34(44)43(22-21-41)26-28-7-2-1-3-8-28/h1-5,7-12,16-17,24-25H,6,13-15,18-22,26-27H2. The van der Waals surface area contributed by atoms with Crippen LogP contribution in [-0.2, 0) is 6.54 Å². The second-order valence-corrected chi connectivity index (χ2v) is 12.0. The van der Waals surface area contributed by atoms with Crippen LogP contribution in [-0.4, -0.2) is 75.9 Å². The van der Waals surface area contributed by atoms with Crippen LogP contribution in [0.3, 0.4) is 0 Å². The van der Waals surface area contributed by atoms with Gasteiger partial charge in [-0.05, 0) is 55.5 Å². The number of anilines is 1. The summed E-state index contributed by atoms with van der Waals surface area (Å²) in [5.74, 6) is 1.15. The molecule has 6 rings (SSSR count). The Kier molecular flexibility index (Phi) is 9.48. The van der Waals surface area contributed by atoms with Crippen LogP contribution in [0.5, 0.6) is 5.75 Å². The third-order valence-electron chi connectivity index (χ3n) is 9.02. The van der Waals surface area contributed by atoms with Crippen molar-refractivity contribution in [3.63, 3.8) is 0 Å². The summed E-state index contributed by atoms with van der Waals surface area (Å²) in [6, 6.07) is 23.3. The summed E-state index contributed by atoms with van der Waals surface area (Å²) in [5.41, 5.74) is 2.25. The Bertz CT molecular complexity index is 1670. The largest absolute Gasteiger partial charge is 0.492 e. The van der Waals surface area contributed by atoms with Gasteiger partial charge in [0.1, 0.15) is 23.3 Å². The number of hydrogen-bond donors (Lipinski definition) is 0. The number of rotatable bonds is 4. The molecule has 0 bridgehead atoms. The number of nitrogens with zero attached hydrogens (tertiary/aromatic N) is 7. The number of pyridine rings is 1. The number of piperidine rings is 1. The molecule has 0 atom stereocenters. The molecule has 2 aliphatic rings. The SMILES string of the molecule is N#Cc1ccc(N2CCCC3(CCN(C(=O)c4cnccn4)CC3)COc3ccccc3C(=O)N(Cc3ccccc3)CC2)nc1. The second-order valence-electron chi connectivity index (χ2n) is 12.0. The highest BCUT2D eigenvalue weighted by Crippen LogP contribution is 2.38. The molecule has 10 nitrogen and oxygen atoms in total. The van der Waals surface area contributed by atoms with E-state index in [2.05, 4.69) is 25.9 Å². The van der Waals surface area contributed by atoms with Gasteiger partial charge in [-0.1, -0.05) is 42.5 Å². The summed E-state index contributed by atoms with van der Waals surface area (Å²) in [4.78, 5) is 46.2. The van der Waals surface area contributed by atoms with Gasteiger partial charge in [0.2, 0.25) is 0 Å². The minimum atomic E-state index is -0.184. The summed E-state index contributed by atoms with van der Waals surface area (Å²) < 4.78 is 6.55. The van der Waals surface area contributed by atoms with Crippen molar-refractivity contribution in [3.8, 4) is 11.8 Å². The predicted octanol–water partition coefficient (Wildman–Crippen LogP) is 4.99. The molecule has 4 heterocycles. The topological polar surface area (TPSA) is 116 Å². The Hall–Kier alpha value is -5.30. The van der Waals surface area contributed by atoms with Gasteiger partial charge in [0.05, 0.1) is 23.9 Å². The first-order valence-corrected chi connectivity index (χ1v) is 15.8. The molecule has 4 aromatic rings. The molecule has 0 saturated carbocycles. The quantitative estimate of drug-likeness (QED) is 0.316. The summed E-state index contributed by atoms with van der Waals surface area (Å²) >= 11 is 0. The Balaban J connectivity index is 1.28. The minimum absolute atomic E-state index is 0.0927. The van der Waals surface area contributed by atoms with Crippen molar-refractivity contribution in [2.75, 3.05) is 44.2 Å². The number of aromatic nitrogens is 3. The van der Waals surface area contributed by atoms with Gasteiger partial charge in [0.25, 0.3) is 11.8 Å². The van der Waals surface area contributed by atoms with Crippen LogP contribution in [0.2, 0.25) is 0 Å². The fraction of sp³-hybridized carbons (Fsp3) is 0.333. The zero-order chi connectivity index (χ0) is 31.8. The smallest absolute Gasteiger partial charge is 0.274 e. The summed E-state index contributed by atoms with van der Waals surface area (Å²) in [5, 5.41) is 9.33. The van der Waals surface area contributed by atoms with E-state index >= 15 is 0 Å². The Morgan fingerprint density at radius 3 is 2.41 bits per heavy atom. The molecule has 2 aromatic heterocycles. The molecule has 0 N–H and O–H groups in total. The van der Waals surface area contributed by atoms with E-state index in [0.717, 1.165) is 43.6 Å². The van der Waals surface area contributed by atoms with Crippen molar-refractivity contribution in [2.45, 2.75) is 32.2 Å². The molecule has 1 saturated heterocycles. The van der Waals surface area contributed by atoms with Crippen molar-refractivity contribution < 1.29 is 14.3 Å². The normalized spacial score (nSPS) is 17.1. The molecule has 234 valence electrons. The Morgan fingerprint density at radius 2 is 1.67 bits per heavy atom. The molecule has 2 aliphatic heterocycles. The monoisotopic (exact) mass is 615 g/mol. The maximum Gasteiger partial charge on any atom is 0.274 e. The van der Waals surface area contributed by atoms with E-state index in [9.17, 15) is 14.9 Å². The molecular weight excluding hydrogens is 578 g/mol. The van der Waals surface area contributed by atoms with Crippen molar-refractivity contribution in [1.82, 2.24) is 24.8 Å². The number of para-hydroxylation sites is 1. The van der Waals surface area contributed by atoms with Gasteiger partial charge in [-0.25, -0.2) is 9.97 Å². The highest BCUT2D eigenvalue weighted by atomic mass is 16.5. The molecule has 10 heteroatoms. The fourth-order valence-corrected chi connectivity index (χ4v) is 6.32. The number of nitriles is 1. The first kappa shape index (κ1) is 30.7. The average molecular weight is 616 g/mol. The zero-order valence-corrected chi connectivity index (χ0v) is 25.8. The molecule has 0 aliphatic carbocycles. The molecule has 1 spiro atoms. The van der Waals surface area contributed by atoms with Gasteiger partial charge < -0.3 is 19.4 Å². The third kappa shape index (κ3) is 7.15. The second kappa shape index (κ2) is 14.2. The van der Waals surface area contributed by atoms with Gasteiger partial charge >= 0.3 is 0 Å². The fourth-order valence-electron chi connectivity index (χ4n) is 6.32. The van der Waals surface area contributed by atoms with Crippen LogP contribution < -0.4 is 9.64 Å². The van der Waals surface area contributed by atoms with Crippen molar-refractivity contribution in [1.29, 1.82) is 5.26 Å². The number of carbonyl (C=O) groups is 2. The van der Waals surface area contributed by atoms with Gasteiger partial charge in [0.15, 0.2) is 0 Å². The molecule has 0 radical (unpaired) electrons. The van der Waals surface area contributed by atoms with Gasteiger partial charge in [-0.3, -0.25) is 14.6 Å². The summed E-state index contributed by atoms with van der Waals surface area (Å²) in [6.07, 6.45) is 9.50. The van der Waals surface area contributed by atoms with E-state index in [1.54, 1.807) is 18.5 Å². The van der Waals surface area contributed by atoms with E-state index in [1.807, 2.05) is 70.5 Å². The highest BCUT2D eigenvalue weighted by molar-refractivity contribution is 5.97. The van der Waals surface area contributed by atoms with Crippen LogP contribution >= 0.6 is 0 Å². The lowest BCUT2D eigenvalue weighted by Gasteiger charge is -2.42. The molecule has 2 amide bonds. The molecule has 2 aromatic carbocycles. The lowest BCUT2D eigenvalue weighted by molar-refractivity contribution is 0.0360. The van der Waals surface area contributed by atoms with Crippen LogP contribution in [0, 0.1) is 16.7 Å².